The summed E-state index contributed by atoms with van der Waals surface area (Å²) in [7, 11) is 0. The van der Waals surface area contributed by atoms with Crippen LogP contribution < -0.4 is 0 Å². The molecule has 1 saturated heterocycles. The zero-order valence-electron chi connectivity index (χ0n) is 14.0. The zero-order valence-corrected chi connectivity index (χ0v) is 14.0. The van der Waals surface area contributed by atoms with Crippen LogP contribution in [0.25, 0.3) is 10.9 Å². The Morgan fingerprint density at radius 1 is 1.42 bits per heavy atom. The fraction of sp³-hybridized carbons (Fsp3) is 0.474. The van der Waals surface area contributed by atoms with Gasteiger partial charge in [0.2, 0.25) is 0 Å². The molecule has 0 radical (unpaired) electrons. The van der Waals surface area contributed by atoms with Crippen LogP contribution in [0.15, 0.2) is 30.3 Å². The van der Waals surface area contributed by atoms with Crippen molar-refractivity contribution in [2.24, 2.45) is 11.8 Å². The topological polar surface area (TPSA) is 69.3 Å². The van der Waals surface area contributed by atoms with Crippen LogP contribution in [0.5, 0.6) is 0 Å². The van der Waals surface area contributed by atoms with Gasteiger partial charge in [0.05, 0.1) is 17.9 Å². The van der Waals surface area contributed by atoms with Gasteiger partial charge in [-0.3, -0.25) is 4.79 Å². The maximum atomic E-state index is 11.2. The molecule has 5 nitrogen and oxygen atoms in total. The zero-order chi connectivity index (χ0) is 17.1. The molecule has 1 aliphatic rings. The molecule has 0 spiro atoms. The number of likely N-dealkylation sites (tertiary alicyclic amines) is 1. The number of rotatable bonds is 5. The number of benzene rings is 1. The Bertz CT molecular complexity index is 775. The Morgan fingerprint density at radius 3 is 2.96 bits per heavy atom. The molecular formula is C19H23N3O2. The van der Waals surface area contributed by atoms with Crippen molar-refractivity contribution in [1.29, 1.82) is 5.26 Å². The highest BCUT2D eigenvalue weighted by Crippen LogP contribution is 2.22. The summed E-state index contributed by atoms with van der Waals surface area (Å²) in [6.45, 7) is 4.78. The SMILES string of the molecule is Cc1cc2ccccc2n1CC(C#N)CN1CCCC(C(=O)O)C1. The molecule has 3 rings (SSSR count). The van der Waals surface area contributed by atoms with E-state index in [1.54, 1.807) is 0 Å². The maximum Gasteiger partial charge on any atom is 0.307 e. The van der Waals surface area contributed by atoms with Crippen molar-refractivity contribution < 1.29 is 9.90 Å². The Morgan fingerprint density at radius 2 is 2.21 bits per heavy atom. The fourth-order valence-corrected chi connectivity index (χ4v) is 3.69. The molecule has 0 amide bonds. The first-order valence-electron chi connectivity index (χ1n) is 8.48. The Kier molecular flexibility index (Phi) is 4.86. The van der Waals surface area contributed by atoms with Gasteiger partial charge in [-0.2, -0.15) is 5.26 Å². The van der Waals surface area contributed by atoms with E-state index in [2.05, 4.69) is 40.7 Å². The first kappa shape index (κ1) is 16.5. The van der Waals surface area contributed by atoms with E-state index < -0.39 is 5.97 Å². The van der Waals surface area contributed by atoms with Crippen molar-refractivity contribution in [1.82, 2.24) is 9.47 Å². The number of carboxylic acid groups (broad SMARTS) is 1. The molecule has 2 atom stereocenters. The Hall–Kier alpha value is -2.32. The summed E-state index contributed by atoms with van der Waals surface area (Å²) < 4.78 is 2.20. The largest absolute Gasteiger partial charge is 0.481 e. The van der Waals surface area contributed by atoms with Crippen molar-refractivity contribution >= 4 is 16.9 Å². The van der Waals surface area contributed by atoms with Gasteiger partial charge in [0, 0.05) is 30.8 Å². The Balaban J connectivity index is 1.72. The average Bonchev–Trinajstić information content (AvgIpc) is 2.90. The van der Waals surface area contributed by atoms with Crippen LogP contribution in [0.3, 0.4) is 0 Å². The molecule has 0 bridgehead atoms. The summed E-state index contributed by atoms with van der Waals surface area (Å²) in [6.07, 6.45) is 1.63. The lowest BCUT2D eigenvalue weighted by atomic mass is 9.97. The number of nitriles is 1. The lowest BCUT2D eigenvalue weighted by Gasteiger charge is -2.32. The number of fused-ring (bicyclic) bond motifs is 1. The number of carbonyl (C=O) groups is 1. The van der Waals surface area contributed by atoms with Gasteiger partial charge in [-0.15, -0.1) is 0 Å². The number of nitrogens with zero attached hydrogens (tertiary/aromatic N) is 3. The number of aromatic nitrogens is 1. The average molecular weight is 325 g/mol. The summed E-state index contributed by atoms with van der Waals surface area (Å²) in [6, 6.07) is 12.8. The molecule has 0 aliphatic carbocycles. The van der Waals surface area contributed by atoms with Gasteiger partial charge in [0.25, 0.3) is 0 Å². The van der Waals surface area contributed by atoms with Crippen LogP contribution >= 0.6 is 0 Å². The van der Waals surface area contributed by atoms with Crippen LogP contribution in [-0.2, 0) is 11.3 Å². The minimum absolute atomic E-state index is 0.146. The number of hydrogen-bond acceptors (Lipinski definition) is 3. The van der Waals surface area contributed by atoms with E-state index in [1.165, 1.54) is 5.39 Å². The second-order valence-corrected chi connectivity index (χ2v) is 6.72. The van der Waals surface area contributed by atoms with Gasteiger partial charge in [0.15, 0.2) is 0 Å². The third-order valence-corrected chi connectivity index (χ3v) is 4.94. The van der Waals surface area contributed by atoms with Gasteiger partial charge < -0.3 is 14.6 Å². The molecule has 24 heavy (non-hydrogen) atoms. The third kappa shape index (κ3) is 3.44. The van der Waals surface area contributed by atoms with E-state index in [-0.39, 0.29) is 11.8 Å². The molecule has 1 aromatic carbocycles. The van der Waals surface area contributed by atoms with Gasteiger partial charge in [-0.05, 0) is 43.8 Å². The summed E-state index contributed by atoms with van der Waals surface area (Å²) in [5, 5.41) is 20.0. The number of hydrogen-bond donors (Lipinski definition) is 1. The van der Waals surface area contributed by atoms with Gasteiger partial charge in [-0.25, -0.2) is 0 Å². The molecule has 1 N–H and O–H groups in total. The molecule has 1 aromatic heterocycles. The number of piperidine rings is 1. The number of aryl methyl sites for hydroxylation is 1. The Labute approximate surface area is 142 Å². The highest BCUT2D eigenvalue weighted by Gasteiger charge is 2.27. The van der Waals surface area contributed by atoms with Crippen LogP contribution in [0.1, 0.15) is 18.5 Å². The number of para-hydroxylation sites is 1. The summed E-state index contributed by atoms with van der Waals surface area (Å²) in [5.41, 5.74) is 2.30. The monoisotopic (exact) mass is 325 g/mol. The maximum absolute atomic E-state index is 11.2. The van der Waals surface area contributed by atoms with E-state index in [9.17, 15) is 15.2 Å². The standard InChI is InChI=1S/C19H23N3O2/c1-14-9-16-5-2-3-7-18(16)22(14)12-15(10-20)11-21-8-4-6-17(13-21)19(23)24/h2-3,5,7,9,15,17H,4,6,8,11-13H2,1H3,(H,23,24). The normalized spacial score (nSPS) is 19.9. The molecular weight excluding hydrogens is 302 g/mol. The highest BCUT2D eigenvalue weighted by atomic mass is 16.4. The third-order valence-electron chi connectivity index (χ3n) is 4.94. The van der Waals surface area contributed by atoms with Crippen molar-refractivity contribution in [3.05, 3.63) is 36.0 Å². The predicted molar refractivity (Wildman–Crippen MR) is 92.6 cm³/mol. The molecule has 1 fully saturated rings. The summed E-state index contributed by atoms with van der Waals surface area (Å²) in [5.74, 6) is -1.17. The number of carboxylic acids is 1. The lowest BCUT2D eigenvalue weighted by molar-refractivity contribution is -0.143. The molecule has 126 valence electrons. The van der Waals surface area contributed by atoms with Crippen molar-refractivity contribution in [3.8, 4) is 6.07 Å². The lowest BCUT2D eigenvalue weighted by Crippen LogP contribution is -2.41. The second kappa shape index (κ2) is 7.06. The fourth-order valence-electron chi connectivity index (χ4n) is 3.69. The van der Waals surface area contributed by atoms with Crippen LogP contribution in [0.2, 0.25) is 0 Å². The first-order chi connectivity index (χ1) is 11.6. The minimum Gasteiger partial charge on any atom is -0.481 e. The van der Waals surface area contributed by atoms with E-state index in [4.69, 9.17) is 0 Å². The molecule has 2 aromatic rings. The molecule has 5 heteroatoms. The smallest absolute Gasteiger partial charge is 0.307 e. The van der Waals surface area contributed by atoms with Gasteiger partial charge >= 0.3 is 5.97 Å². The van der Waals surface area contributed by atoms with Crippen LogP contribution in [0, 0.1) is 30.1 Å². The first-order valence-corrected chi connectivity index (χ1v) is 8.48. The molecule has 0 saturated carbocycles. The number of aliphatic carboxylic acids is 1. The predicted octanol–water partition coefficient (Wildman–Crippen LogP) is 2.89. The van der Waals surface area contributed by atoms with Crippen LogP contribution in [0.4, 0.5) is 0 Å². The molecule has 2 unspecified atom stereocenters. The summed E-state index contributed by atoms with van der Waals surface area (Å²) >= 11 is 0. The minimum atomic E-state index is -0.722. The van der Waals surface area contributed by atoms with Crippen molar-refractivity contribution in [3.63, 3.8) is 0 Å². The molecule has 2 heterocycles. The van der Waals surface area contributed by atoms with Crippen molar-refractivity contribution in [2.45, 2.75) is 26.3 Å². The van der Waals surface area contributed by atoms with E-state index in [1.807, 2.05) is 12.1 Å². The quantitative estimate of drug-likeness (QED) is 0.918. The summed E-state index contributed by atoms with van der Waals surface area (Å²) in [4.78, 5) is 13.3. The second-order valence-electron chi connectivity index (χ2n) is 6.72. The van der Waals surface area contributed by atoms with Crippen LogP contribution in [-0.4, -0.2) is 40.2 Å². The highest BCUT2D eigenvalue weighted by molar-refractivity contribution is 5.81. The molecule has 1 aliphatic heterocycles. The van der Waals surface area contributed by atoms with E-state index >= 15 is 0 Å². The van der Waals surface area contributed by atoms with E-state index in [0.717, 1.165) is 30.6 Å². The van der Waals surface area contributed by atoms with E-state index in [0.29, 0.717) is 19.6 Å². The van der Waals surface area contributed by atoms with Gasteiger partial charge in [-0.1, -0.05) is 18.2 Å². The van der Waals surface area contributed by atoms with Gasteiger partial charge in [0.1, 0.15) is 0 Å². The van der Waals surface area contributed by atoms with Crippen molar-refractivity contribution in [2.75, 3.05) is 19.6 Å².